The zero-order valence-electron chi connectivity index (χ0n) is 25.1. The number of Topliss-reactive ketones (excluding diaryl/α,β-unsaturated/α-hetero) is 1. The van der Waals surface area contributed by atoms with Crippen molar-refractivity contribution in [2.45, 2.75) is 77.0 Å². The Bertz CT molecular complexity index is 1760. The second-order valence-corrected chi connectivity index (χ2v) is 13.7. The molecule has 1 amide bonds. The van der Waals surface area contributed by atoms with Crippen molar-refractivity contribution in [3.8, 4) is 21.8 Å². The van der Waals surface area contributed by atoms with Gasteiger partial charge in [0, 0.05) is 35.1 Å². The number of ketones is 1. The van der Waals surface area contributed by atoms with Crippen LogP contribution < -0.4 is 4.90 Å². The van der Waals surface area contributed by atoms with Crippen molar-refractivity contribution in [2.24, 2.45) is 11.8 Å². The molecule has 7 rings (SSSR count). The van der Waals surface area contributed by atoms with E-state index in [4.69, 9.17) is 9.72 Å². The molecule has 0 atom stereocenters. The fraction of sp³-hybridized carbons (Fsp3) is 0.429. The average molecular weight is 612 g/mol. The van der Waals surface area contributed by atoms with E-state index >= 15 is 0 Å². The molecule has 8 nitrogen and oxygen atoms in total. The number of aromatic nitrogens is 2. The first-order valence-corrected chi connectivity index (χ1v) is 16.5. The van der Waals surface area contributed by atoms with Crippen LogP contribution in [0.25, 0.3) is 32.9 Å². The smallest absolute Gasteiger partial charge is 0.348 e. The maximum atomic E-state index is 14.3. The second-order valence-electron chi connectivity index (χ2n) is 12.7. The monoisotopic (exact) mass is 611 g/mol. The van der Waals surface area contributed by atoms with E-state index in [1.165, 1.54) is 11.3 Å². The van der Waals surface area contributed by atoms with Gasteiger partial charge >= 0.3 is 5.97 Å². The number of hydrogen-bond acceptors (Lipinski definition) is 6. The number of rotatable bonds is 6. The molecule has 2 saturated carbocycles. The van der Waals surface area contributed by atoms with Crippen LogP contribution >= 0.6 is 11.3 Å². The molecule has 0 unspecified atom stereocenters. The van der Waals surface area contributed by atoms with Gasteiger partial charge in [-0.2, -0.15) is 0 Å². The molecule has 228 valence electrons. The van der Waals surface area contributed by atoms with Crippen LogP contribution in [0, 0.1) is 11.8 Å². The Hall–Kier alpha value is -3.82. The number of carboxylic acids is 1. The highest BCUT2D eigenvalue weighted by molar-refractivity contribution is 7.18. The summed E-state index contributed by atoms with van der Waals surface area (Å²) in [5, 5.41) is 10.4. The number of methoxy groups -OCH3 is 1. The molecular formula is C35H37N3O5S. The summed E-state index contributed by atoms with van der Waals surface area (Å²) in [6, 6.07) is 15.3. The lowest BCUT2D eigenvalue weighted by atomic mass is 9.81. The number of para-hydroxylation sites is 2. The van der Waals surface area contributed by atoms with Gasteiger partial charge in [0.1, 0.15) is 10.7 Å². The summed E-state index contributed by atoms with van der Waals surface area (Å²) in [6.07, 6.45) is 7.07. The minimum atomic E-state index is -1.04. The van der Waals surface area contributed by atoms with Gasteiger partial charge in [-0.3, -0.25) is 9.59 Å². The van der Waals surface area contributed by atoms with E-state index in [1.807, 2.05) is 58.0 Å². The zero-order valence-corrected chi connectivity index (χ0v) is 25.9. The predicted molar refractivity (Wildman–Crippen MR) is 171 cm³/mol. The summed E-state index contributed by atoms with van der Waals surface area (Å²) in [4.78, 5) is 47.9. The largest absolute Gasteiger partial charge is 0.477 e. The topological polar surface area (TPSA) is 102 Å². The van der Waals surface area contributed by atoms with Crippen LogP contribution in [0.15, 0.2) is 48.5 Å². The van der Waals surface area contributed by atoms with Gasteiger partial charge < -0.3 is 19.3 Å². The predicted octanol–water partition coefficient (Wildman–Crippen LogP) is 7.44. The molecule has 4 aromatic rings. The Kier molecular flexibility index (Phi) is 7.62. The third kappa shape index (κ3) is 5.06. The number of thiophene rings is 1. The lowest BCUT2D eigenvalue weighted by Gasteiger charge is -2.39. The Morgan fingerprint density at radius 2 is 1.73 bits per heavy atom. The van der Waals surface area contributed by atoms with Gasteiger partial charge in [0.25, 0.3) is 0 Å². The van der Waals surface area contributed by atoms with Gasteiger partial charge in [0.05, 0.1) is 29.4 Å². The van der Waals surface area contributed by atoms with Crippen molar-refractivity contribution in [1.82, 2.24) is 9.55 Å². The van der Waals surface area contributed by atoms with E-state index in [2.05, 4.69) is 6.92 Å². The molecule has 1 N–H and O–H groups in total. The summed E-state index contributed by atoms with van der Waals surface area (Å²) in [6.45, 7) is 2.44. The van der Waals surface area contributed by atoms with E-state index in [1.54, 1.807) is 7.11 Å². The normalized spacial score (nSPS) is 23.3. The van der Waals surface area contributed by atoms with Gasteiger partial charge in [0.15, 0.2) is 5.78 Å². The van der Waals surface area contributed by atoms with Gasteiger partial charge in [-0.15, -0.1) is 11.3 Å². The number of nitrogens with zero attached hydrogens (tertiary/aromatic N) is 3. The van der Waals surface area contributed by atoms with Crippen LogP contribution in [0.5, 0.6) is 0 Å². The minimum absolute atomic E-state index is 0.00836. The molecule has 0 radical (unpaired) electrons. The van der Waals surface area contributed by atoms with Crippen LogP contribution in [0.3, 0.4) is 0 Å². The van der Waals surface area contributed by atoms with E-state index in [-0.39, 0.29) is 41.2 Å². The van der Waals surface area contributed by atoms with Crippen molar-refractivity contribution in [3.05, 3.63) is 59.0 Å². The van der Waals surface area contributed by atoms with E-state index in [0.717, 1.165) is 84.2 Å². The first kappa shape index (κ1) is 28.9. The number of benzene rings is 2. The molecule has 3 heterocycles. The van der Waals surface area contributed by atoms with Crippen LogP contribution in [0.1, 0.15) is 78.3 Å². The summed E-state index contributed by atoms with van der Waals surface area (Å²) in [7, 11) is 1.73. The fourth-order valence-electron chi connectivity index (χ4n) is 7.39. The number of hydrogen-bond donors (Lipinski definition) is 1. The van der Waals surface area contributed by atoms with Gasteiger partial charge in [0.2, 0.25) is 5.91 Å². The van der Waals surface area contributed by atoms with Crippen molar-refractivity contribution < 1.29 is 24.2 Å². The van der Waals surface area contributed by atoms with Crippen molar-refractivity contribution in [1.29, 1.82) is 0 Å². The molecule has 0 spiro atoms. The molecule has 44 heavy (non-hydrogen) atoms. The van der Waals surface area contributed by atoms with E-state index in [9.17, 15) is 19.5 Å². The van der Waals surface area contributed by atoms with Crippen LogP contribution in [-0.4, -0.2) is 51.6 Å². The number of carbonyl (C=O) groups is 3. The van der Waals surface area contributed by atoms with Crippen LogP contribution in [0.2, 0.25) is 0 Å². The third-order valence-electron chi connectivity index (χ3n) is 9.91. The highest BCUT2D eigenvalue weighted by atomic mass is 32.1. The van der Waals surface area contributed by atoms with Crippen LogP contribution in [-0.2, 0) is 16.1 Å². The molecule has 2 aromatic heterocycles. The van der Waals surface area contributed by atoms with Gasteiger partial charge in [-0.05, 0) is 93.2 Å². The number of aromatic carboxylic acids is 1. The zero-order chi connectivity index (χ0) is 30.5. The molecule has 1 aliphatic heterocycles. The van der Waals surface area contributed by atoms with E-state index in [0.29, 0.717) is 17.2 Å². The Morgan fingerprint density at radius 1 is 0.977 bits per heavy atom. The number of fused-ring (bicyclic) bond motifs is 5. The SMILES string of the molecule is COC1CCC(N(C(=O)C2CCC(C)CC2)c2cc(-c3ccc4c(c3)C(=O)Cn3c-4nc4ccccc43)sc2C(=O)O)CC1. The van der Waals surface area contributed by atoms with Crippen molar-refractivity contribution in [3.63, 3.8) is 0 Å². The Balaban J connectivity index is 1.28. The maximum absolute atomic E-state index is 14.3. The number of ether oxygens (including phenoxy) is 1. The number of carbonyl (C=O) groups excluding carboxylic acids is 2. The minimum Gasteiger partial charge on any atom is -0.477 e. The number of carboxylic acid groups (broad SMARTS) is 1. The Morgan fingerprint density at radius 3 is 2.45 bits per heavy atom. The average Bonchev–Trinajstić information content (AvgIpc) is 3.64. The summed E-state index contributed by atoms with van der Waals surface area (Å²) in [5.74, 6) is 0.262. The lowest BCUT2D eigenvalue weighted by Crippen LogP contribution is -2.47. The first-order chi connectivity index (χ1) is 21.3. The number of anilines is 1. The van der Waals surface area contributed by atoms with Crippen molar-refractivity contribution in [2.75, 3.05) is 12.0 Å². The number of amides is 1. The molecule has 0 saturated heterocycles. The molecule has 9 heteroatoms. The maximum Gasteiger partial charge on any atom is 0.348 e. The molecule has 3 aliphatic rings. The first-order valence-electron chi connectivity index (χ1n) is 15.7. The second kappa shape index (κ2) is 11.6. The highest BCUT2D eigenvalue weighted by Crippen LogP contribution is 2.43. The summed E-state index contributed by atoms with van der Waals surface area (Å²) in [5.41, 5.74) is 4.37. The fourth-order valence-corrected chi connectivity index (χ4v) is 8.37. The van der Waals surface area contributed by atoms with Crippen molar-refractivity contribution >= 4 is 45.7 Å². The molecular weight excluding hydrogens is 574 g/mol. The molecule has 0 bridgehead atoms. The van der Waals surface area contributed by atoms with Gasteiger partial charge in [-0.25, -0.2) is 9.78 Å². The van der Waals surface area contributed by atoms with E-state index < -0.39 is 5.97 Å². The highest BCUT2D eigenvalue weighted by Gasteiger charge is 2.38. The van der Waals surface area contributed by atoms with Gasteiger partial charge in [-0.1, -0.05) is 25.1 Å². The Labute approximate surface area is 260 Å². The molecule has 2 aromatic carbocycles. The summed E-state index contributed by atoms with van der Waals surface area (Å²) < 4.78 is 7.56. The lowest BCUT2D eigenvalue weighted by molar-refractivity contribution is -0.124. The number of imidazole rings is 1. The molecule has 2 fully saturated rings. The van der Waals surface area contributed by atoms with Crippen LogP contribution in [0.4, 0.5) is 5.69 Å². The molecule has 2 aliphatic carbocycles. The summed E-state index contributed by atoms with van der Waals surface area (Å²) >= 11 is 1.17. The standard InChI is InChI=1S/C35H37N3O5S/c1-20-7-9-21(10-8-20)34(40)38(23-12-14-24(43-2)15-13-23)29-18-31(44-32(29)35(41)42)22-11-16-25-26(17-22)30(39)19-37-28-6-4-3-5-27(28)36-33(25)37/h3-6,11,16-18,20-21,23-24H,7-10,12-15,19H2,1-2H3,(H,41,42). The third-order valence-corrected chi connectivity index (χ3v) is 11.1. The quantitative estimate of drug-likeness (QED) is 0.243.